The topological polar surface area (TPSA) is 36.7 Å². The number of pyridine rings is 1. The van der Waals surface area contributed by atoms with Crippen LogP contribution in [0.5, 0.6) is 0 Å². The van der Waals surface area contributed by atoms with E-state index in [0.717, 1.165) is 6.20 Å². The van der Waals surface area contributed by atoms with Gasteiger partial charge in [0, 0.05) is 11.8 Å². The van der Waals surface area contributed by atoms with Crippen LogP contribution in [0.25, 0.3) is 0 Å². The van der Waals surface area contributed by atoms with Gasteiger partial charge < -0.3 is 0 Å². The summed E-state index contributed by atoms with van der Waals surface area (Å²) in [6.07, 6.45) is 2.71. The Hall–Kier alpha value is -1.87. The van der Waals surface area contributed by atoms with Gasteiger partial charge >= 0.3 is 0 Å². The summed E-state index contributed by atoms with van der Waals surface area (Å²) in [4.78, 5) is 3.60. The van der Waals surface area contributed by atoms with Crippen molar-refractivity contribution in [3.8, 4) is 17.9 Å². The van der Waals surface area contributed by atoms with Crippen LogP contribution in [-0.4, -0.2) is 4.98 Å². The van der Waals surface area contributed by atoms with E-state index in [1.54, 1.807) is 0 Å². The molecule has 0 fully saturated rings. The summed E-state index contributed by atoms with van der Waals surface area (Å²) in [7, 11) is 0. The van der Waals surface area contributed by atoms with Gasteiger partial charge in [-0.1, -0.05) is 11.8 Å². The first-order valence-electron chi connectivity index (χ1n) is 3.29. The summed E-state index contributed by atoms with van der Waals surface area (Å²) in [6.45, 7) is 0. The number of nitrogens with zero attached hydrogens (tertiary/aromatic N) is 2. The highest BCUT2D eigenvalue weighted by molar-refractivity contribution is 5.32. The average Bonchev–Trinajstić information content (AvgIpc) is 2.05. The molecule has 0 saturated carbocycles. The van der Waals surface area contributed by atoms with Crippen LogP contribution >= 0.6 is 0 Å². The monoisotopic (exact) mass is 160 g/mol. The van der Waals surface area contributed by atoms with E-state index in [4.69, 9.17) is 5.26 Å². The summed E-state index contributed by atoms with van der Waals surface area (Å²) in [5.41, 5.74) is 0.491. The molecule has 0 aliphatic heterocycles. The molecule has 0 aromatic carbocycles. The van der Waals surface area contributed by atoms with Gasteiger partial charge in [0.25, 0.3) is 0 Å². The van der Waals surface area contributed by atoms with Crippen LogP contribution in [0.1, 0.15) is 12.0 Å². The van der Waals surface area contributed by atoms with Crippen molar-refractivity contribution in [1.82, 2.24) is 4.98 Å². The quantitative estimate of drug-likeness (QED) is 0.539. The van der Waals surface area contributed by atoms with Crippen LogP contribution in [0.3, 0.4) is 0 Å². The molecule has 0 saturated heterocycles. The van der Waals surface area contributed by atoms with E-state index in [-0.39, 0.29) is 6.42 Å². The van der Waals surface area contributed by atoms with Gasteiger partial charge in [0.05, 0.1) is 18.7 Å². The first-order valence-corrected chi connectivity index (χ1v) is 3.29. The zero-order chi connectivity index (χ0) is 8.81. The highest BCUT2D eigenvalue weighted by atomic mass is 19.1. The van der Waals surface area contributed by atoms with E-state index in [9.17, 15) is 4.39 Å². The molecule has 0 aliphatic rings. The second-order valence-corrected chi connectivity index (χ2v) is 2.03. The number of nitriles is 1. The first kappa shape index (κ1) is 8.23. The van der Waals surface area contributed by atoms with Crippen LogP contribution in [0.4, 0.5) is 4.39 Å². The fraction of sp³-hybridized carbons (Fsp3) is 0.111. The number of rotatable bonds is 0. The maximum absolute atomic E-state index is 12.5. The predicted octanol–water partition coefficient (Wildman–Crippen LogP) is 1.49. The van der Waals surface area contributed by atoms with Crippen molar-refractivity contribution in [2.45, 2.75) is 6.42 Å². The third-order valence-corrected chi connectivity index (χ3v) is 1.11. The van der Waals surface area contributed by atoms with Crippen LogP contribution in [-0.2, 0) is 0 Å². The van der Waals surface area contributed by atoms with E-state index in [2.05, 4.69) is 16.8 Å². The molecule has 1 aromatic rings. The lowest BCUT2D eigenvalue weighted by molar-refractivity contribution is 0.621. The molecule has 1 aromatic heterocycles. The molecule has 0 unspecified atom stereocenters. The van der Waals surface area contributed by atoms with E-state index in [1.807, 2.05) is 6.07 Å². The minimum atomic E-state index is -0.418. The summed E-state index contributed by atoms with van der Waals surface area (Å²) in [5, 5.41) is 8.16. The Morgan fingerprint density at radius 3 is 3.00 bits per heavy atom. The van der Waals surface area contributed by atoms with Gasteiger partial charge in [0.1, 0.15) is 5.82 Å². The van der Waals surface area contributed by atoms with Gasteiger partial charge in [-0.2, -0.15) is 5.26 Å². The van der Waals surface area contributed by atoms with E-state index in [0.29, 0.717) is 5.56 Å². The van der Waals surface area contributed by atoms with Gasteiger partial charge in [-0.25, -0.2) is 4.39 Å². The molecule has 1 heterocycles. The second kappa shape index (κ2) is 4.10. The third kappa shape index (κ3) is 2.40. The molecule has 12 heavy (non-hydrogen) atoms. The summed E-state index contributed by atoms with van der Waals surface area (Å²) < 4.78 is 12.5. The van der Waals surface area contributed by atoms with Gasteiger partial charge in [-0.3, -0.25) is 4.98 Å². The van der Waals surface area contributed by atoms with Gasteiger partial charge in [-0.05, 0) is 6.07 Å². The Morgan fingerprint density at radius 1 is 1.50 bits per heavy atom. The van der Waals surface area contributed by atoms with E-state index >= 15 is 0 Å². The first-order chi connectivity index (χ1) is 5.83. The molecular formula is C9H5FN2. The largest absolute Gasteiger partial charge is 0.260 e. The molecule has 0 spiro atoms. The fourth-order valence-electron chi connectivity index (χ4n) is 0.666. The van der Waals surface area contributed by atoms with Crippen LogP contribution in [0.2, 0.25) is 0 Å². The Balaban J connectivity index is 2.79. The maximum Gasteiger partial charge on any atom is 0.142 e. The van der Waals surface area contributed by atoms with Crippen LogP contribution < -0.4 is 0 Å². The number of aromatic nitrogens is 1. The lowest BCUT2D eigenvalue weighted by Gasteiger charge is -1.87. The molecule has 0 N–H and O–H groups in total. The molecule has 2 nitrogen and oxygen atoms in total. The molecule has 0 amide bonds. The van der Waals surface area contributed by atoms with Gasteiger partial charge in [0.15, 0.2) is 0 Å². The van der Waals surface area contributed by atoms with Crippen molar-refractivity contribution in [3.05, 3.63) is 29.8 Å². The Morgan fingerprint density at radius 2 is 2.33 bits per heavy atom. The zero-order valence-electron chi connectivity index (χ0n) is 6.21. The lowest BCUT2D eigenvalue weighted by atomic mass is 10.3. The summed E-state index contributed by atoms with van der Waals surface area (Å²) in [6, 6.07) is 3.14. The fourth-order valence-corrected chi connectivity index (χ4v) is 0.666. The molecule has 0 atom stereocenters. The molecular weight excluding hydrogens is 155 g/mol. The molecule has 0 radical (unpaired) electrons. The Kier molecular flexibility index (Phi) is 2.81. The Labute approximate surface area is 69.7 Å². The van der Waals surface area contributed by atoms with Crippen LogP contribution in [0.15, 0.2) is 18.5 Å². The van der Waals surface area contributed by atoms with Gasteiger partial charge in [0.2, 0.25) is 0 Å². The molecule has 3 heteroatoms. The number of hydrogen-bond acceptors (Lipinski definition) is 2. The molecule has 0 bridgehead atoms. The highest BCUT2D eigenvalue weighted by Gasteiger charge is 1.89. The number of hydrogen-bond donors (Lipinski definition) is 0. The van der Waals surface area contributed by atoms with Crippen molar-refractivity contribution in [3.63, 3.8) is 0 Å². The Bertz CT molecular complexity index is 368. The van der Waals surface area contributed by atoms with E-state index < -0.39 is 5.82 Å². The van der Waals surface area contributed by atoms with Crippen molar-refractivity contribution in [1.29, 1.82) is 5.26 Å². The smallest absolute Gasteiger partial charge is 0.142 e. The average molecular weight is 160 g/mol. The molecule has 1 rings (SSSR count). The van der Waals surface area contributed by atoms with Gasteiger partial charge in [-0.15, -0.1) is 0 Å². The molecule has 58 valence electrons. The minimum absolute atomic E-state index is 0.149. The summed E-state index contributed by atoms with van der Waals surface area (Å²) in [5.74, 6) is 4.75. The van der Waals surface area contributed by atoms with Crippen molar-refractivity contribution in [2.24, 2.45) is 0 Å². The SMILES string of the molecule is N#CCC#Cc1cncc(F)c1. The molecule has 0 aliphatic carbocycles. The maximum atomic E-state index is 12.5. The van der Waals surface area contributed by atoms with Crippen molar-refractivity contribution >= 4 is 0 Å². The van der Waals surface area contributed by atoms with Crippen LogP contribution in [0, 0.1) is 29.0 Å². The van der Waals surface area contributed by atoms with Crippen molar-refractivity contribution < 1.29 is 4.39 Å². The normalized spacial score (nSPS) is 8.00. The lowest BCUT2D eigenvalue weighted by Crippen LogP contribution is -1.80. The minimum Gasteiger partial charge on any atom is -0.260 e. The third-order valence-electron chi connectivity index (χ3n) is 1.11. The summed E-state index contributed by atoms with van der Waals surface area (Å²) >= 11 is 0. The number of halogens is 1. The second-order valence-electron chi connectivity index (χ2n) is 2.03. The standard InChI is InChI=1S/C9H5FN2/c10-9-5-8(6-12-7-9)3-1-2-4-11/h5-7H,2H2. The predicted molar refractivity (Wildman–Crippen MR) is 41.3 cm³/mol. The van der Waals surface area contributed by atoms with E-state index in [1.165, 1.54) is 12.3 Å². The van der Waals surface area contributed by atoms with Crippen molar-refractivity contribution in [2.75, 3.05) is 0 Å². The highest BCUT2D eigenvalue weighted by Crippen LogP contribution is 1.97. The zero-order valence-corrected chi connectivity index (χ0v) is 6.21.